The van der Waals surface area contributed by atoms with E-state index in [9.17, 15) is 4.79 Å². The number of hydrogen-bond donors (Lipinski definition) is 1. The van der Waals surface area contributed by atoms with Crippen molar-refractivity contribution >= 4 is 17.6 Å². The number of amides is 1. The van der Waals surface area contributed by atoms with E-state index in [-0.39, 0.29) is 11.9 Å². The molecule has 1 fully saturated rings. The van der Waals surface area contributed by atoms with E-state index < -0.39 is 0 Å². The lowest BCUT2D eigenvalue weighted by molar-refractivity contribution is 0.0603. The van der Waals surface area contributed by atoms with E-state index in [4.69, 9.17) is 5.73 Å². The van der Waals surface area contributed by atoms with Crippen LogP contribution in [0.25, 0.3) is 0 Å². The highest BCUT2D eigenvalue weighted by molar-refractivity contribution is 6.99. The fourth-order valence-electron chi connectivity index (χ4n) is 1.10. The van der Waals surface area contributed by atoms with E-state index in [1.165, 1.54) is 6.20 Å². The molecule has 0 atom stereocenters. The van der Waals surface area contributed by atoms with Crippen molar-refractivity contribution < 1.29 is 4.79 Å². The van der Waals surface area contributed by atoms with Gasteiger partial charge in [0.15, 0.2) is 5.69 Å². The van der Waals surface area contributed by atoms with Crippen LogP contribution in [0.5, 0.6) is 0 Å². The number of carbonyl (C=O) groups is 1. The molecule has 5 nitrogen and oxygen atoms in total. The van der Waals surface area contributed by atoms with Gasteiger partial charge in [-0.25, -0.2) is 0 Å². The van der Waals surface area contributed by atoms with Crippen LogP contribution in [0.1, 0.15) is 10.5 Å². The molecule has 1 aromatic heterocycles. The molecule has 1 aliphatic rings. The van der Waals surface area contributed by atoms with Gasteiger partial charge in [0.2, 0.25) is 0 Å². The third kappa shape index (κ3) is 1.19. The van der Waals surface area contributed by atoms with E-state index in [2.05, 4.69) is 8.75 Å². The zero-order valence-electron chi connectivity index (χ0n) is 6.30. The van der Waals surface area contributed by atoms with Gasteiger partial charge in [0.1, 0.15) is 0 Å². The minimum absolute atomic E-state index is 0.0644. The summed E-state index contributed by atoms with van der Waals surface area (Å²) in [6.07, 6.45) is 1.48. The standard InChI is InChI=1S/C6H8N4OS/c7-4-2-10(3-4)6(11)5-1-8-12-9-5/h1,4H,2-3,7H2. The minimum atomic E-state index is -0.0644. The molecule has 2 rings (SSSR count). The lowest BCUT2D eigenvalue weighted by Gasteiger charge is -2.36. The molecule has 0 aromatic carbocycles. The molecular weight excluding hydrogens is 176 g/mol. The lowest BCUT2D eigenvalue weighted by Crippen LogP contribution is -2.57. The number of rotatable bonds is 1. The highest BCUT2D eigenvalue weighted by Crippen LogP contribution is 2.10. The fraction of sp³-hybridized carbons (Fsp3) is 0.500. The minimum Gasteiger partial charge on any atom is -0.334 e. The summed E-state index contributed by atoms with van der Waals surface area (Å²) in [5.74, 6) is -0.0644. The number of nitrogens with two attached hydrogens (primary N) is 1. The van der Waals surface area contributed by atoms with Crippen LogP contribution in [0.3, 0.4) is 0 Å². The van der Waals surface area contributed by atoms with Crippen LogP contribution in [0.4, 0.5) is 0 Å². The van der Waals surface area contributed by atoms with Crippen molar-refractivity contribution in [3.05, 3.63) is 11.9 Å². The van der Waals surface area contributed by atoms with Gasteiger partial charge in [0.05, 0.1) is 17.9 Å². The van der Waals surface area contributed by atoms with Crippen LogP contribution in [0.15, 0.2) is 6.20 Å². The normalized spacial score (nSPS) is 17.6. The Balaban J connectivity index is 2.03. The smallest absolute Gasteiger partial charge is 0.275 e. The molecule has 2 heterocycles. The second-order valence-electron chi connectivity index (χ2n) is 2.76. The molecule has 1 aliphatic heterocycles. The Morgan fingerprint density at radius 2 is 2.50 bits per heavy atom. The summed E-state index contributed by atoms with van der Waals surface area (Å²) < 4.78 is 7.60. The van der Waals surface area contributed by atoms with Crippen molar-refractivity contribution in [3.8, 4) is 0 Å². The predicted molar refractivity (Wildman–Crippen MR) is 43.8 cm³/mol. The summed E-state index contributed by atoms with van der Waals surface area (Å²) in [4.78, 5) is 13.1. The van der Waals surface area contributed by atoms with Crippen molar-refractivity contribution in [2.24, 2.45) is 5.73 Å². The molecule has 64 valence electrons. The van der Waals surface area contributed by atoms with E-state index in [1.807, 2.05) is 0 Å². The zero-order valence-corrected chi connectivity index (χ0v) is 7.12. The number of hydrogen-bond acceptors (Lipinski definition) is 5. The lowest BCUT2D eigenvalue weighted by atomic mass is 10.1. The summed E-state index contributed by atoms with van der Waals surface area (Å²) in [5.41, 5.74) is 5.96. The summed E-state index contributed by atoms with van der Waals surface area (Å²) in [6, 6.07) is 0.139. The van der Waals surface area contributed by atoms with E-state index in [0.29, 0.717) is 18.8 Å². The summed E-state index contributed by atoms with van der Waals surface area (Å²) >= 11 is 1.04. The molecule has 1 amide bonds. The van der Waals surface area contributed by atoms with Gasteiger partial charge in [0, 0.05) is 19.1 Å². The quantitative estimate of drug-likeness (QED) is 0.627. The molecule has 0 bridgehead atoms. The van der Waals surface area contributed by atoms with Gasteiger partial charge in [-0.2, -0.15) is 8.75 Å². The summed E-state index contributed by atoms with van der Waals surface area (Å²) in [7, 11) is 0. The Morgan fingerprint density at radius 3 is 3.00 bits per heavy atom. The van der Waals surface area contributed by atoms with Crippen LogP contribution >= 0.6 is 11.7 Å². The molecule has 0 unspecified atom stereocenters. The predicted octanol–water partition coefficient (Wildman–Crippen LogP) is -0.679. The molecule has 6 heteroatoms. The first-order valence-corrected chi connectivity index (χ1v) is 4.33. The maximum absolute atomic E-state index is 11.4. The molecule has 0 aliphatic carbocycles. The number of aromatic nitrogens is 2. The largest absolute Gasteiger partial charge is 0.334 e. The first kappa shape index (κ1) is 7.63. The van der Waals surface area contributed by atoms with Crippen molar-refractivity contribution in [2.45, 2.75) is 6.04 Å². The second kappa shape index (κ2) is 2.80. The van der Waals surface area contributed by atoms with E-state index in [1.54, 1.807) is 4.90 Å². The second-order valence-corrected chi connectivity index (χ2v) is 3.32. The average molecular weight is 184 g/mol. The van der Waals surface area contributed by atoms with Crippen LogP contribution in [0.2, 0.25) is 0 Å². The zero-order chi connectivity index (χ0) is 8.55. The summed E-state index contributed by atoms with van der Waals surface area (Å²) in [6.45, 7) is 1.27. The Kier molecular flexibility index (Phi) is 1.78. The van der Waals surface area contributed by atoms with Crippen molar-refractivity contribution in [3.63, 3.8) is 0 Å². The van der Waals surface area contributed by atoms with Crippen molar-refractivity contribution in [2.75, 3.05) is 13.1 Å². The first-order valence-electron chi connectivity index (χ1n) is 3.60. The molecule has 12 heavy (non-hydrogen) atoms. The van der Waals surface area contributed by atoms with Gasteiger partial charge in [-0.1, -0.05) is 0 Å². The maximum Gasteiger partial charge on any atom is 0.275 e. The molecular formula is C6H8N4OS. The van der Waals surface area contributed by atoms with Gasteiger partial charge in [-0.05, 0) is 0 Å². The SMILES string of the molecule is NC1CN(C(=O)c2cnsn2)C1. The van der Waals surface area contributed by atoms with Gasteiger partial charge < -0.3 is 10.6 Å². The van der Waals surface area contributed by atoms with E-state index >= 15 is 0 Å². The third-order valence-electron chi connectivity index (χ3n) is 1.78. The fourth-order valence-corrected chi connectivity index (χ4v) is 1.51. The number of likely N-dealkylation sites (tertiary alicyclic amines) is 1. The molecule has 2 N–H and O–H groups in total. The highest BCUT2D eigenvalue weighted by atomic mass is 32.1. The first-order chi connectivity index (χ1) is 5.77. The van der Waals surface area contributed by atoms with Crippen molar-refractivity contribution in [1.82, 2.24) is 13.6 Å². The molecule has 1 aromatic rings. The van der Waals surface area contributed by atoms with Crippen LogP contribution in [-0.4, -0.2) is 38.7 Å². The van der Waals surface area contributed by atoms with E-state index in [0.717, 1.165) is 11.7 Å². The van der Waals surface area contributed by atoms with Gasteiger partial charge in [0.25, 0.3) is 5.91 Å². The molecule has 0 saturated carbocycles. The maximum atomic E-state index is 11.4. The Labute approximate surface area is 73.5 Å². The Morgan fingerprint density at radius 1 is 1.75 bits per heavy atom. The van der Waals surface area contributed by atoms with Crippen molar-refractivity contribution in [1.29, 1.82) is 0 Å². The number of nitrogens with zero attached hydrogens (tertiary/aromatic N) is 3. The van der Waals surface area contributed by atoms with Crippen LogP contribution in [-0.2, 0) is 0 Å². The monoisotopic (exact) mass is 184 g/mol. The van der Waals surface area contributed by atoms with Gasteiger partial charge in [-0.3, -0.25) is 4.79 Å². The topological polar surface area (TPSA) is 72.1 Å². The molecule has 0 spiro atoms. The Hall–Kier alpha value is -1.01. The molecule has 1 saturated heterocycles. The van der Waals surface area contributed by atoms with Crippen LogP contribution in [0, 0.1) is 0 Å². The summed E-state index contributed by atoms with van der Waals surface area (Å²) in [5, 5.41) is 0. The Bertz CT molecular complexity index is 280. The van der Waals surface area contributed by atoms with Gasteiger partial charge >= 0.3 is 0 Å². The van der Waals surface area contributed by atoms with Crippen LogP contribution < -0.4 is 5.73 Å². The van der Waals surface area contributed by atoms with Gasteiger partial charge in [-0.15, -0.1) is 0 Å². The highest BCUT2D eigenvalue weighted by Gasteiger charge is 2.29. The third-order valence-corrected chi connectivity index (χ3v) is 2.26. The molecule has 0 radical (unpaired) electrons. The average Bonchev–Trinajstić information content (AvgIpc) is 2.49. The number of carbonyl (C=O) groups excluding carboxylic acids is 1.